The standard InChI is InChI=1S/C17H10BrNO3/c18-12-9-14(21)17-11(12)7-4-8-13(20)15(17)16(19-22-17)10-5-2-1-3-6-10/h1-9,15H. The number of nitrogens with zero attached hydrogens (tertiary/aromatic N) is 1. The van der Waals surface area contributed by atoms with Crippen LogP contribution in [0.3, 0.4) is 0 Å². The lowest BCUT2D eigenvalue weighted by Crippen LogP contribution is -2.48. The zero-order valence-electron chi connectivity index (χ0n) is 11.3. The summed E-state index contributed by atoms with van der Waals surface area (Å²) in [5.41, 5.74) is 0.541. The zero-order valence-corrected chi connectivity index (χ0v) is 12.9. The first-order valence-electron chi connectivity index (χ1n) is 6.81. The van der Waals surface area contributed by atoms with E-state index in [1.165, 1.54) is 12.2 Å². The highest BCUT2D eigenvalue weighted by Crippen LogP contribution is 2.49. The van der Waals surface area contributed by atoms with Gasteiger partial charge in [-0.25, -0.2) is 0 Å². The van der Waals surface area contributed by atoms with Crippen molar-refractivity contribution < 1.29 is 14.4 Å². The maximum Gasteiger partial charge on any atom is 0.240 e. The number of carbonyl (C=O) groups excluding carboxylic acids is 2. The molecule has 5 heteroatoms. The zero-order chi connectivity index (χ0) is 15.3. The van der Waals surface area contributed by atoms with Gasteiger partial charge in [-0.05, 0) is 6.08 Å². The Balaban J connectivity index is 1.90. The van der Waals surface area contributed by atoms with Crippen molar-refractivity contribution in [3.8, 4) is 0 Å². The summed E-state index contributed by atoms with van der Waals surface area (Å²) in [5.74, 6) is -1.21. The van der Waals surface area contributed by atoms with E-state index in [4.69, 9.17) is 4.84 Å². The molecule has 1 spiro atoms. The molecule has 1 aromatic rings. The van der Waals surface area contributed by atoms with Gasteiger partial charge in [0, 0.05) is 21.7 Å². The molecular weight excluding hydrogens is 346 g/mol. The Morgan fingerprint density at radius 2 is 1.95 bits per heavy atom. The normalized spacial score (nSPS) is 29.1. The van der Waals surface area contributed by atoms with Crippen LogP contribution in [-0.2, 0) is 14.4 Å². The molecule has 0 radical (unpaired) electrons. The molecule has 0 amide bonds. The van der Waals surface area contributed by atoms with Gasteiger partial charge >= 0.3 is 0 Å². The number of carbonyl (C=O) groups is 2. The Morgan fingerprint density at radius 1 is 1.18 bits per heavy atom. The molecule has 2 atom stereocenters. The van der Waals surface area contributed by atoms with Crippen molar-refractivity contribution in [1.29, 1.82) is 0 Å². The van der Waals surface area contributed by atoms with E-state index < -0.39 is 11.5 Å². The number of oxime groups is 1. The number of hydrogen-bond donors (Lipinski definition) is 0. The van der Waals surface area contributed by atoms with Gasteiger partial charge in [0.15, 0.2) is 5.78 Å². The predicted molar refractivity (Wildman–Crippen MR) is 84.5 cm³/mol. The molecule has 4 nitrogen and oxygen atoms in total. The van der Waals surface area contributed by atoms with E-state index in [2.05, 4.69) is 21.1 Å². The van der Waals surface area contributed by atoms with E-state index in [-0.39, 0.29) is 11.6 Å². The molecule has 0 N–H and O–H groups in total. The maximum atomic E-state index is 12.6. The van der Waals surface area contributed by atoms with Crippen LogP contribution in [0.25, 0.3) is 0 Å². The van der Waals surface area contributed by atoms with Crippen molar-refractivity contribution in [2.75, 3.05) is 0 Å². The van der Waals surface area contributed by atoms with Gasteiger partial charge in [-0.3, -0.25) is 9.59 Å². The fraction of sp³-hybridized carbons (Fsp3) is 0.118. The number of allylic oxidation sites excluding steroid dienone is 3. The van der Waals surface area contributed by atoms with Crippen LogP contribution in [0.1, 0.15) is 5.56 Å². The maximum absolute atomic E-state index is 12.6. The van der Waals surface area contributed by atoms with Crippen LogP contribution in [0.15, 0.2) is 69.8 Å². The minimum atomic E-state index is -1.37. The van der Waals surface area contributed by atoms with Gasteiger partial charge in [0.05, 0.1) is 0 Å². The van der Waals surface area contributed by atoms with Crippen LogP contribution in [0, 0.1) is 5.92 Å². The fourth-order valence-corrected chi connectivity index (χ4v) is 3.76. The molecule has 1 aliphatic heterocycles. The molecule has 0 fully saturated rings. The number of benzene rings is 1. The molecule has 22 heavy (non-hydrogen) atoms. The van der Waals surface area contributed by atoms with E-state index in [1.54, 1.807) is 12.2 Å². The van der Waals surface area contributed by atoms with Crippen molar-refractivity contribution in [3.63, 3.8) is 0 Å². The molecule has 3 aliphatic rings. The molecular formula is C17H10BrNO3. The summed E-state index contributed by atoms with van der Waals surface area (Å²) in [6.07, 6.45) is 6.30. The van der Waals surface area contributed by atoms with Gasteiger partial charge in [-0.2, -0.15) is 0 Å². The summed E-state index contributed by atoms with van der Waals surface area (Å²) < 4.78 is 0.631. The molecule has 2 unspecified atom stereocenters. The molecule has 1 heterocycles. The smallest absolute Gasteiger partial charge is 0.240 e. The number of rotatable bonds is 1. The van der Waals surface area contributed by atoms with Crippen LogP contribution in [0.4, 0.5) is 0 Å². The average molecular weight is 356 g/mol. The summed E-state index contributed by atoms with van der Waals surface area (Å²) in [7, 11) is 0. The molecule has 2 aliphatic carbocycles. The van der Waals surface area contributed by atoms with Crippen LogP contribution in [0.2, 0.25) is 0 Å². The summed E-state index contributed by atoms with van der Waals surface area (Å²) in [4.78, 5) is 30.8. The van der Waals surface area contributed by atoms with E-state index in [9.17, 15) is 9.59 Å². The van der Waals surface area contributed by atoms with Gasteiger partial charge in [0.2, 0.25) is 11.4 Å². The number of ketones is 2. The van der Waals surface area contributed by atoms with Gasteiger partial charge in [0.25, 0.3) is 0 Å². The van der Waals surface area contributed by atoms with Gasteiger partial charge < -0.3 is 4.84 Å². The molecule has 108 valence electrons. The van der Waals surface area contributed by atoms with Crippen LogP contribution < -0.4 is 0 Å². The van der Waals surface area contributed by atoms with Gasteiger partial charge in [-0.15, -0.1) is 0 Å². The number of hydrogen-bond acceptors (Lipinski definition) is 4. The average Bonchev–Trinajstić information content (AvgIpc) is 2.97. The molecule has 0 saturated heterocycles. The van der Waals surface area contributed by atoms with Crippen molar-refractivity contribution in [2.24, 2.45) is 11.1 Å². The lowest BCUT2D eigenvalue weighted by molar-refractivity contribution is -0.138. The summed E-state index contributed by atoms with van der Waals surface area (Å²) in [6.45, 7) is 0. The third-order valence-corrected chi connectivity index (χ3v) is 4.78. The highest BCUT2D eigenvalue weighted by molar-refractivity contribution is 9.12. The second kappa shape index (κ2) is 4.61. The summed E-state index contributed by atoms with van der Waals surface area (Å²) in [5, 5.41) is 4.11. The first kappa shape index (κ1) is 13.4. The van der Waals surface area contributed by atoms with Crippen molar-refractivity contribution in [2.45, 2.75) is 5.60 Å². The van der Waals surface area contributed by atoms with Gasteiger partial charge in [0.1, 0.15) is 11.6 Å². The van der Waals surface area contributed by atoms with E-state index in [1.807, 2.05) is 30.3 Å². The lowest BCUT2D eigenvalue weighted by Gasteiger charge is -2.27. The summed E-state index contributed by atoms with van der Waals surface area (Å²) >= 11 is 3.38. The topological polar surface area (TPSA) is 55.7 Å². The van der Waals surface area contributed by atoms with Crippen LogP contribution in [0.5, 0.6) is 0 Å². The fourth-order valence-electron chi connectivity index (χ4n) is 3.12. The van der Waals surface area contributed by atoms with E-state index in [0.29, 0.717) is 15.8 Å². The SMILES string of the molecule is O=C1C=CC=C2C(Br)=CC(=O)C23ON=C(c2ccccc2)C13. The molecule has 0 bridgehead atoms. The lowest BCUT2D eigenvalue weighted by atomic mass is 9.76. The molecule has 1 aromatic carbocycles. The Hall–Kier alpha value is -2.27. The Bertz CT molecular complexity index is 820. The van der Waals surface area contributed by atoms with Crippen LogP contribution >= 0.6 is 15.9 Å². The highest BCUT2D eigenvalue weighted by Gasteiger charge is 2.62. The highest BCUT2D eigenvalue weighted by atomic mass is 79.9. The van der Waals surface area contributed by atoms with E-state index in [0.717, 1.165) is 5.56 Å². The monoisotopic (exact) mass is 355 g/mol. The van der Waals surface area contributed by atoms with Crippen LogP contribution in [-0.4, -0.2) is 22.9 Å². The third-order valence-electron chi connectivity index (χ3n) is 4.13. The quantitative estimate of drug-likeness (QED) is 0.778. The molecule has 0 aromatic heterocycles. The minimum Gasteiger partial charge on any atom is -0.374 e. The van der Waals surface area contributed by atoms with Crippen molar-refractivity contribution in [3.05, 3.63) is 70.3 Å². The predicted octanol–water partition coefficient (Wildman–Crippen LogP) is 2.70. The van der Waals surface area contributed by atoms with Crippen molar-refractivity contribution >= 4 is 33.2 Å². The van der Waals surface area contributed by atoms with Crippen molar-refractivity contribution in [1.82, 2.24) is 0 Å². The number of halogens is 1. The Kier molecular flexibility index (Phi) is 2.81. The summed E-state index contributed by atoms with van der Waals surface area (Å²) in [6, 6.07) is 9.32. The third kappa shape index (κ3) is 1.60. The second-order valence-corrected chi connectivity index (χ2v) is 6.16. The first-order chi connectivity index (χ1) is 10.6. The minimum absolute atomic E-state index is 0.185. The first-order valence-corrected chi connectivity index (χ1v) is 7.60. The van der Waals surface area contributed by atoms with E-state index >= 15 is 0 Å². The second-order valence-electron chi connectivity index (χ2n) is 5.30. The Morgan fingerprint density at radius 3 is 2.73 bits per heavy atom. The largest absolute Gasteiger partial charge is 0.374 e. The van der Waals surface area contributed by atoms with Gasteiger partial charge in [-0.1, -0.05) is 63.6 Å². The molecule has 4 rings (SSSR count). The molecule has 0 saturated carbocycles. The Labute approximate surface area is 135 Å².